The fourth-order valence-corrected chi connectivity index (χ4v) is 2.67. The molecule has 2 aromatic rings. The molecule has 0 unspecified atom stereocenters. The maximum absolute atomic E-state index is 4.36. The van der Waals surface area contributed by atoms with Gasteiger partial charge in [0.25, 0.3) is 0 Å². The number of halogens is 1. The van der Waals surface area contributed by atoms with Gasteiger partial charge in [0.2, 0.25) is 0 Å². The Balaban J connectivity index is 1.99. The molecule has 0 atom stereocenters. The molecule has 18 heavy (non-hydrogen) atoms. The van der Waals surface area contributed by atoms with Gasteiger partial charge in [-0.15, -0.1) is 0 Å². The zero-order valence-corrected chi connectivity index (χ0v) is 11.7. The van der Waals surface area contributed by atoms with Crippen LogP contribution in [0.4, 0.5) is 5.69 Å². The fourth-order valence-electron chi connectivity index (χ4n) is 2.38. The third-order valence-corrected chi connectivity index (χ3v) is 3.68. The second-order valence-corrected chi connectivity index (χ2v) is 5.43. The third kappa shape index (κ3) is 2.27. The van der Waals surface area contributed by atoms with Gasteiger partial charge < -0.3 is 4.90 Å². The van der Waals surface area contributed by atoms with E-state index in [0.29, 0.717) is 0 Å². The molecule has 5 heteroatoms. The van der Waals surface area contributed by atoms with Gasteiger partial charge in [0.05, 0.1) is 28.2 Å². The van der Waals surface area contributed by atoms with Crippen molar-refractivity contribution in [2.24, 2.45) is 0 Å². The second kappa shape index (κ2) is 5.10. The first kappa shape index (κ1) is 11.7. The van der Waals surface area contributed by atoms with Crippen LogP contribution in [0.15, 0.2) is 35.3 Å². The van der Waals surface area contributed by atoms with Crippen LogP contribution in [-0.2, 0) is 0 Å². The smallest absolute Gasteiger partial charge is 0.0910 e. The summed E-state index contributed by atoms with van der Waals surface area (Å²) in [5, 5.41) is 4.36. The number of pyridine rings is 1. The summed E-state index contributed by atoms with van der Waals surface area (Å²) in [4.78, 5) is 6.66. The minimum atomic E-state index is 0.990. The first-order valence-corrected chi connectivity index (χ1v) is 7.03. The van der Waals surface area contributed by atoms with Crippen LogP contribution in [0.5, 0.6) is 0 Å². The quantitative estimate of drug-likeness (QED) is 0.855. The number of anilines is 1. The summed E-state index contributed by atoms with van der Waals surface area (Å²) >= 11 is 3.44. The molecule has 0 aliphatic carbocycles. The van der Waals surface area contributed by atoms with Gasteiger partial charge in [0.15, 0.2) is 0 Å². The Hall–Kier alpha value is -1.36. The van der Waals surface area contributed by atoms with Crippen LogP contribution in [0.3, 0.4) is 0 Å². The topological polar surface area (TPSA) is 34.0 Å². The summed E-state index contributed by atoms with van der Waals surface area (Å²) in [6.45, 7) is 2.22. The predicted octanol–water partition coefficient (Wildman–Crippen LogP) is 3.02. The summed E-state index contributed by atoms with van der Waals surface area (Å²) in [7, 11) is 0. The predicted molar refractivity (Wildman–Crippen MR) is 75.1 cm³/mol. The molecule has 1 fully saturated rings. The van der Waals surface area contributed by atoms with E-state index in [1.54, 1.807) is 6.20 Å². The number of piperidine rings is 1. The van der Waals surface area contributed by atoms with E-state index in [4.69, 9.17) is 0 Å². The van der Waals surface area contributed by atoms with Crippen molar-refractivity contribution in [3.05, 3.63) is 35.3 Å². The van der Waals surface area contributed by atoms with Gasteiger partial charge in [-0.25, -0.2) is 4.68 Å². The lowest BCUT2D eigenvalue weighted by Gasteiger charge is -2.29. The monoisotopic (exact) mass is 306 g/mol. The van der Waals surface area contributed by atoms with Gasteiger partial charge in [-0.05, 0) is 41.3 Å². The Kier molecular flexibility index (Phi) is 3.32. The Morgan fingerprint density at radius 2 is 1.89 bits per heavy atom. The lowest BCUT2D eigenvalue weighted by Crippen LogP contribution is -2.30. The van der Waals surface area contributed by atoms with Crippen molar-refractivity contribution in [2.45, 2.75) is 19.3 Å². The molecule has 0 spiro atoms. The molecule has 0 saturated carbocycles. The highest BCUT2D eigenvalue weighted by atomic mass is 79.9. The maximum Gasteiger partial charge on any atom is 0.0910 e. The standard InChI is InChI=1S/C13H15BrN4/c14-11-8-16-18(10-11)12-4-5-15-9-13(12)17-6-2-1-3-7-17/h4-5,8-10H,1-3,6-7H2. The molecule has 94 valence electrons. The van der Waals surface area contributed by atoms with Crippen LogP contribution >= 0.6 is 15.9 Å². The maximum atomic E-state index is 4.36. The number of rotatable bonds is 2. The summed E-state index contributed by atoms with van der Waals surface area (Å²) in [5.74, 6) is 0. The minimum absolute atomic E-state index is 0.990. The van der Waals surface area contributed by atoms with Gasteiger partial charge in [-0.1, -0.05) is 0 Å². The molecule has 1 aliphatic heterocycles. The van der Waals surface area contributed by atoms with Gasteiger partial charge >= 0.3 is 0 Å². The molecule has 0 bridgehead atoms. The number of hydrogen-bond donors (Lipinski definition) is 0. The average Bonchev–Trinajstić information content (AvgIpc) is 2.86. The number of aromatic nitrogens is 3. The van der Waals surface area contributed by atoms with Crippen molar-refractivity contribution in [1.82, 2.24) is 14.8 Å². The Labute approximate surface area is 115 Å². The summed E-state index contributed by atoms with van der Waals surface area (Å²) in [5.41, 5.74) is 2.27. The molecule has 0 N–H and O–H groups in total. The van der Waals surface area contributed by atoms with E-state index < -0.39 is 0 Å². The average molecular weight is 307 g/mol. The highest BCUT2D eigenvalue weighted by molar-refractivity contribution is 9.10. The van der Waals surface area contributed by atoms with Crippen LogP contribution < -0.4 is 4.90 Å². The molecule has 1 aliphatic rings. The van der Waals surface area contributed by atoms with E-state index in [2.05, 4.69) is 30.9 Å². The SMILES string of the molecule is Brc1cnn(-c2ccncc2N2CCCCC2)c1. The Bertz CT molecular complexity index is 531. The molecule has 0 amide bonds. The zero-order valence-electron chi connectivity index (χ0n) is 10.1. The van der Waals surface area contributed by atoms with E-state index in [1.165, 1.54) is 24.9 Å². The molecule has 3 heterocycles. The molecule has 0 radical (unpaired) electrons. The normalized spacial score (nSPS) is 15.9. The molecular weight excluding hydrogens is 292 g/mol. The van der Waals surface area contributed by atoms with Gasteiger partial charge in [0, 0.05) is 25.5 Å². The molecule has 2 aromatic heterocycles. The van der Waals surface area contributed by atoms with E-state index in [9.17, 15) is 0 Å². The Morgan fingerprint density at radius 1 is 1.06 bits per heavy atom. The molecule has 0 aromatic carbocycles. The summed E-state index contributed by atoms with van der Waals surface area (Å²) in [6.07, 6.45) is 11.4. The zero-order chi connectivity index (χ0) is 12.4. The van der Waals surface area contributed by atoms with E-state index >= 15 is 0 Å². The lowest BCUT2D eigenvalue weighted by molar-refractivity contribution is 0.576. The van der Waals surface area contributed by atoms with Crippen LogP contribution in [0.1, 0.15) is 19.3 Å². The van der Waals surface area contributed by atoms with E-state index in [0.717, 1.165) is 23.2 Å². The van der Waals surface area contributed by atoms with Crippen molar-refractivity contribution >= 4 is 21.6 Å². The molecule has 3 rings (SSSR count). The summed E-state index contributed by atoms with van der Waals surface area (Å²) in [6, 6.07) is 2.02. The van der Waals surface area contributed by atoms with Gasteiger partial charge in [0.1, 0.15) is 0 Å². The Morgan fingerprint density at radius 3 is 2.61 bits per heavy atom. The van der Waals surface area contributed by atoms with Crippen LogP contribution in [-0.4, -0.2) is 27.9 Å². The number of nitrogens with zero attached hydrogens (tertiary/aromatic N) is 4. The first-order valence-electron chi connectivity index (χ1n) is 6.24. The second-order valence-electron chi connectivity index (χ2n) is 4.52. The third-order valence-electron chi connectivity index (χ3n) is 3.27. The van der Waals surface area contributed by atoms with Crippen LogP contribution in [0.25, 0.3) is 5.69 Å². The van der Waals surface area contributed by atoms with Crippen molar-refractivity contribution in [1.29, 1.82) is 0 Å². The first-order chi connectivity index (χ1) is 8.84. The summed E-state index contributed by atoms with van der Waals surface area (Å²) < 4.78 is 2.89. The van der Waals surface area contributed by atoms with Crippen molar-refractivity contribution in [3.8, 4) is 5.69 Å². The van der Waals surface area contributed by atoms with Gasteiger partial charge in [-0.2, -0.15) is 5.10 Å². The van der Waals surface area contributed by atoms with Gasteiger partial charge in [-0.3, -0.25) is 4.98 Å². The van der Waals surface area contributed by atoms with E-state index in [1.807, 2.05) is 29.3 Å². The molecule has 1 saturated heterocycles. The van der Waals surface area contributed by atoms with Crippen molar-refractivity contribution < 1.29 is 0 Å². The van der Waals surface area contributed by atoms with Crippen molar-refractivity contribution in [2.75, 3.05) is 18.0 Å². The fraction of sp³-hybridized carbons (Fsp3) is 0.385. The largest absolute Gasteiger partial charge is 0.369 e. The molecular formula is C13H15BrN4. The van der Waals surface area contributed by atoms with Crippen LogP contribution in [0, 0.1) is 0 Å². The molecule has 4 nitrogen and oxygen atoms in total. The number of hydrogen-bond acceptors (Lipinski definition) is 3. The highest BCUT2D eigenvalue weighted by Crippen LogP contribution is 2.26. The highest BCUT2D eigenvalue weighted by Gasteiger charge is 2.15. The minimum Gasteiger partial charge on any atom is -0.369 e. The van der Waals surface area contributed by atoms with E-state index in [-0.39, 0.29) is 0 Å². The van der Waals surface area contributed by atoms with Crippen LogP contribution in [0.2, 0.25) is 0 Å². The van der Waals surface area contributed by atoms with Crippen molar-refractivity contribution in [3.63, 3.8) is 0 Å². The lowest BCUT2D eigenvalue weighted by atomic mass is 10.1.